The Labute approximate surface area is 117 Å². The van der Waals surface area contributed by atoms with Gasteiger partial charge >= 0.3 is 0 Å². The SMILES string of the molecule is Fc1ncc(-c2cc(Cl)c(Cl)cc2Cl)cc1Cl. The molecule has 2 rings (SSSR count). The van der Waals surface area contributed by atoms with E-state index >= 15 is 0 Å². The Balaban J connectivity index is 2.60. The Morgan fingerprint density at radius 2 is 1.47 bits per heavy atom. The molecule has 0 amide bonds. The maximum Gasteiger partial charge on any atom is 0.231 e. The molecule has 0 aliphatic heterocycles. The third kappa shape index (κ3) is 2.66. The molecular formula is C11H4Cl4FN. The van der Waals surface area contributed by atoms with Crippen LogP contribution in [0.15, 0.2) is 24.4 Å². The second-order valence-corrected chi connectivity index (χ2v) is 4.87. The molecule has 17 heavy (non-hydrogen) atoms. The van der Waals surface area contributed by atoms with Crippen molar-refractivity contribution in [3.05, 3.63) is 50.4 Å². The van der Waals surface area contributed by atoms with Gasteiger partial charge in [0, 0.05) is 17.3 Å². The molecule has 0 saturated heterocycles. The largest absolute Gasteiger partial charge is 0.231 e. The summed E-state index contributed by atoms with van der Waals surface area (Å²) in [4.78, 5) is 3.51. The summed E-state index contributed by atoms with van der Waals surface area (Å²) in [5.74, 6) is -0.730. The Morgan fingerprint density at radius 3 is 2.12 bits per heavy atom. The fourth-order valence-electron chi connectivity index (χ4n) is 1.31. The van der Waals surface area contributed by atoms with Crippen LogP contribution < -0.4 is 0 Å². The number of hydrogen-bond donors (Lipinski definition) is 0. The second kappa shape index (κ2) is 4.99. The number of nitrogens with zero attached hydrogens (tertiary/aromatic N) is 1. The van der Waals surface area contributed by atoms with Gasteiger partial charge in [0.15, 0.2) is 0 Å². The molecule has 0 atom stereocenters. The van der Waals surface area contributed by atoms with Crippen LogP contribution in [-0.2, 0) is 0 Å². The fourth-order valence-corrected chi connectivity index (χ4v) is 2.13. The number of aromatic nitrogens is 1. The highest BCUT2D eigenvalue weighted by Crippen LogP contribution is 2.35. The van der Waals surface area contributed by atoms with Crippen molar-refractivity contribution in [2.75, 3.05) is 0 Å². The first-order chi connectivity index (χ1) is 7.99. The van der Waals surface area contributed by atoms with Crippen LogP contribution in [0.4, 0.5) is 4.39 Å². The van der Waals surface area contributed by atoms with E-state index in [2.05, 4.69) is 4.98 Å². The molecule has 1 aromatic carbocycles. The molecule has 0 bridgehead atoms. The van der Waals surface area contributed by atoms with Crippen molar-refractivity contribution >= 4 is 46.4 Å². The lowest BCUT2D eigenvalue weighted by Crippen LogP contribution is -1.87. The maximum atomic E-state index is 12.9. The Morgan fingerprint density at radius 1 is 0.824 bits per heavy atom. The highest BCUT2D eigenvalue weighted by atomic mass is 35.5. The van der Waals surface area contributed by atoms with Crippen LogP contribution in [0.2, 0.25) is 20.1 Å². The second-order valence-electron chi connectivity index (χ2n) is 3.24. The Kier molecular flexibility index (Phi) is 3.79. The van der Waals surface area contributed by atoms with Gasteiger partial charge in [-0.05, 0) is 18.2 Å². The van der Waals surface area contributed by atoms with Gasteiger partial charge in [0.2, 0.25) is 5.95 Å². The minimum atomic E-state index is -0.730. The van der Waals surface area contributed by atoms with E-state index < -0.39 is 5.95 Å². The van der Waals surface area contributed by atoms with Crippen LogP contribution >= 0.6 is 46.4 Å². The lowest BCUT2D eigenvalue weighted by molar-refractivity contribution is 0.584. The summed E-state index contributed by atoms with van der Waals surface area (Å²) in [6.45, 7) is 0. The van der Waals surface area contributed by atoms with Crippen molar-refractivity contribution in [3.8, 4) is 11.1 Å². The summed E-state index contributed by atoms with van der Waals surface area (Å²) in [5, 5.41) is 1.02. The fraction of sp³-hybridized carbons (Fsp3) is 0. The molecule has 0 saturated carbocycles. The topological polar surface area (TPSA) is 12.9 Å². The lowest BCUT2D eigenvalue weighted by atomic mass is 10.1. The number of rotatable bonds is 1. The molecule has 6 heteroatoms. The van der Waals surface area contributed by atoms with E-state index in [0.717, 1.165) is 0 Å². The summed E-state index contributed by atoms with van der Waals surface area (Å²) in [6.07, 6.45) is 1.33. The van der Waals surface area contributed by atoms with Gasteiger partial charge in [-0.1, -0.05) is 46.4 Å². The maximum absolute atomic E-state index is 12.9. The number of pyridine rings is 1. The van der Waals surface area contributed by atoms with Gasteiger partial charge < -0.3 is 0 Å². The van der Waals surface area contributed by atoms with E-state index in [1.54, 1.807) is 6.07 Å². The smallest absolute Gasteiger partial charge is 0.226 e. The summed E-state index contributed by atoms with van der Waals surface area (Å²) in [6, 6.07) is 4.52. The molecule has 1 nitrogen and oxygen atoms in total. The molecule has 0 fully saturated rings. The Hall–Kier alpha value is -0.540. The van der Waals surface area contributed by atoms with Crippen molar-refractivity contribution in [2.24, 2.45) is 0 Å². The first-order valence-electron chi connectivity index (χ1n) is 4.45. The molecule has 1 heterocycles. The van der Waals surface area contributed by atoms with E-state index in [-0.39, 0.29) is 5.02 Å². The standard InChI is InChI=1S/C11H4Cl4FN/c12-7-3-9(14)8(13)2-6(7)5-1-10(15)11(16)17-4-5/h1-4H. The van der Waals surface area contributed by atoms with Gasteiger partial charge in [-0.2, -0.15) is 4.39 Å². The van der Waals surface area contributed by atoms with Crippen molar-refractivity contribution in [2.45, 2.75) is 0 Å². The molecule has 0 aliphatic rings. The average molecular weight is 311 g/mol. The summed E-state index contributed by atoms with van der Waals surface area (Å²) in [5.41, 5.74) is 1.16. The number of hydrogen-bond acceptors (Lipinski definition) is 1. The molecule has 88 valence electrons. The first kappa shape index (κ1) is 12.9. The van der Waals surface area contributed by atoms with E-state index in [1.807, 2.05) is 0 Å². The van der Waals surface area contributed by atoms with Crippen LogP contribution in [0.25, 0.3) is 11.1 Å². The summed E-state index contributed by atoms with van der Waals surface area (Å²) in [7, 11) is 0. The predicted molar refractivity (Wildman–Crippen MR) is 69.7 cm³/mol. The van der Waals surface area contributed by atoms with E-state index in [0.29, 0.717) is 26.2 Å². The van der Waals surface area contributed by atoms with Crippen molar-refractivity contribution in [1.29, 1.82) is 0 Å². The molecule has 2 aromatic rings. The van der Waals surface area contributed by atoms with E-state index in [4.69, 9.17) is 46.4 Å². The van der Waals surface area contributed by atoms with Crippen LogP contribution in [0.1, 0.15) is 0 Å². The predicted octanol–water partition coefficient (Wildman–Crippen LogP) is 5.50. The minimum absolute atomic E-state index is 0.0790. The van der Waals surface area contributed by atoms with Crippen LogP contribution in [0, 0.1) is 5.95 Å². The average Bonchev–Trinajstić information content (AvgIpc) is 2.27. The Bertz CT molecular complexity index is 586. The van der Waals surface area contributed by atoms with Gasteiger partial charge in [-0.25, -0.2) is 4.98 Å². The molecular weight excluding hydrogens is 307 g/mol. The summed E-state index contributed by atoms with van der Waals surface area (Å²) >= 11 is 23.4. The summed E-state index contributed by atoms with van der Waals surface area (Å²) < 4.78 is 12.9. The van der Waals surface area contributed by atoms with Crippen molar-refractivity contribution in [3.63, 3.8) is 0 Å². The van der Waals surface area contributed by atoms with Crippen LogP contribution in [0.3, 0.4) is 0 Å². The quantitative estimate of drug-likeness (QED) is 0.500. The first-order valence-corrected chi connectivity index (χ1v) is 5.96. The zero-order valence-corrected chi connectivity index (χ0v) is 11.2. The monoisotopic (exact) mass is 309 g/mol. The normalized spacial score (nSPS) is 10.6. The van der Waals surface area contributed by atoms with Crippen molar-refractivity contribution < 1.29 is 4.39 Å². The van der Waals surface area contributed by atoms with Gasteiger partial charge in [0.1, 0.15) is 0 Å². The molecule has 0 unspecified atom stereocenters. The zero-order valence-electron chi connectivity index (χ0n) is 8.15. The van der Waals surface area contributed by atoms with E-state index in [9.17, 15) is 4.39 Å². The van der Waals surface area contributed by atoms with Gasteiger partial charge in [-0.3, -0.25) is 0 Å². The van der Waals surface area contributed by atoms with E-state index in [1.165, 1.54) is 18.3 Å². The third-order valence-corrected chi connectivity index (χ3v) is 3.42. The molecule has 1 aromatic heterocycles. The zero-order chi connectivity index (χ0) is 12.6. The number of halogens is 5. The van der Waals surface area contributed by atoms with Crippen molar-refractivity contribution in [1.82, 2.24) is 4.98 Å². The highest BCUT2D eigenvalue weighted by Gasteiger charge is 2.10. The van der Waals surface area contributed by atoms with Crippen LogP contribution in [0.5, 0.6) is 0 Å². The lowest BCUT2D eigenvalue weighted by Gasteiger charge is -2.07. The molecule has 0 aliphatic carbocycles. The number of benzene rings is 1. The van der Waals surface area contributed by atoms with Gasteiger partial charge in [-0.15, -0.1) is 0 Å². The molecule has 0 radical (unpaired) electrons. The minimum Gasteiger partial charge on any atom is -0.226 e. The third-order valence-electron chi connectivity index (χ3n) is 2.12. The molecule has 0 N–H and O–H groups in total. The van der Waals surface area contributed by atoms with Gasteiger partial charge in [0.25, 0.3) is 0 Å². The molecule has 0 spiro atoms. The van der Waals surface area contributed by atoms with Gasteiger partial charge in [0.05, 0.1) is 20.1 Å². The van der Waals surface area contributed by atoms with Crippen LogP contribution in [-0.4, -0.2) is 4.98 Å². The highest BCUT2D eigenvalue weighted by molar-refractivity contribution is 6.44.